The van der Waals surface area contributed by atoms with Crippen molar-refractivity contribution in [2.45, 2.75) is 30.2 Å². The molecule has 4 rings (SSSR count). The zero-order chi connectivity index (χ0) is 19.0. The van der Waals surface area contributed by atoms with Crippen molar-refractivity contribution in [3.63, 3.8) is 0 Å². The molecule has 1 aliphatic heterocycles. The molecule has 0 bridgehead atoms. The second kappa shape index (κ2) is 7.18. The Kier molecular flexibility index (Phi) is 4.88. The topological polar surface area (TPSA) is 90.8 Å². The van der Waals surface area contributed by atoms with E-state index in [0.717, 1.165) is 18.2 Å². The fraction of sp³-hybridized carbons (Fsp3) is 0.474. The van der Waals surface area contributed by atoms with Gasteiger partial charge in [-0.25, -0.2) is 8.42 Å². The lowest BCUT2D eigenvalue weighted by Gasteiger charge is -2.27. The lowest BCUT2D eigenvalue weighted by atomic mass is 10.1. The molecule has 1 atom stereocenters. The minimum atomic E-state index is -3.65. The maximum atomic E-state index is 13.3. The normalized spacial score (nSPS) is 21.0. The van der Waals surface area contributed by atoms with Crippen LogP contribution in [0, 0.1) is 5.92 Å². The van der Waals surface area contributed by atoms with Gasteiger partial charge in [0, 0.05) is 49.3 Å². The molecule has 2 heterocycles. The van der Waals surface area contributed by atoms with E-state index >= 15 is 0 Å². The van der Waals surface area contributed by atoms with E-state index in [2.05, 4.69) is 4.98 Å². The smallest absolute Gasteiger partial charge is 0.321 e. The monoisotopic (exact) mass is 389 g/mol. The van der Waals surface area contributed by atoms with Crippen LogP contribution < -0.4 is 0 Å². The number of rotatable bonds is 5. The Morgan fingerprint density at radius 3 is 2.70 bits per heavy atom. The summed E-state index contributed by atoms with van der Waals surface area (Å²) < 4.78 is 28.1. The van der Waals surface area contributed by atoms with Crippen LogP contribution in [0.15, 0.2) is 41.6 Å². The van der Waals surface area contributed by atoms with E-state index in [1.54, 1.807) is 30.6 Å². The van der Waals surface area contributed by atoms with Crippen LogP contribution in [-0.4, -0.2) is 65.9 Å². The van der Waals surface area contributed by atoms with E-state index in [1.165, 1.54) is 4.31 Å². The van der Waals surface area contributed by atoms with E-state index in [1.807, 2.05) is 11.0 Å². The molecule has 7 nitrogen and oxygen atoms in total. The predicted molar refractivity (Wildman–Crippen MR) is 101 cm³/mol. The Morgan fingerprint density at radius 2 is 1.96 bits per heavy atom. The fourth-order valence-corrected chi connectivity index (χ4v) is 5.64. The van der Waals surface area contributed by atoms with Crippen molar-refractivity contribution >= 4 is 26.8 Å². The summed E-state index contributed by atoms with van der Waals surface area (Å²) in [5.74, 6) is -0.591. The third-order valence-corrected chi connectivity index (χ3v) is 7.42. The first-order valence-electron chi connectivity index (χ1n) is 9.28. The van der Waals surface area contributed by atoms with Gasteiger partial charge >= 0.3 is 5.97 Å². The third kappa shape index (κ3) is 3.56. The van der Waals surface area contributed by atoms with Crippen LogP contribution in [0.25, 0.3) is 10.8 Å². The number of aliphatic carboxylic acids is 1. The summed E-state index contributed by atoms with van der Waals surface area (Å²) in [6.07, 6.45) is 5.77. The van der Waals surface area contributed by atoms with Gasteiger partial charge < -0.3 is 5.11 Å². The highest BCUT2D eigenvalue weighted by atomic mass is 32.2. The molecule has 0 amide bonds. The molecular weight excluding hydrogens is 366 g/mol. The van der Waals surface area contributed by atoms with Gasteiger partial charge in [-0.3, -0.25) is 14.7 Å². The molecule has 1 aromatic heterocycles. The standard InChI is InChI=1S/C19H23N3O4S/c23-19(24)18(14-5-6-14)21-9-2-10-22(12-11-21)27(25,26)17-4-1-3-15-13-20-8-7-16(15)17/h1,3-4,7-8,13-14,18H,2,5-6,9-12H2,(H,23,24). The Morgan fingerprint density at radius 1 is 1.15 bits per heavy atom. The second-order valence-electron chi connectivity index (χ2n) is 7.27. The maximum Gasteiger partial charge on any atom is 0.321 e. The molecule has 1 saturated carbocycles. The first-order valence-corrected chi connectivity index (χ1v) is 10.7. The van der Waals surface area contributed by atoms with Crippen molar-refractivity contribution in [2.75, 3.05) is 26.2 Å². The van der Waals surface area contributed by atoms with Crippen LogP contribution in [0.2, 0.25) is 0 Å². The lowest BCUT2D eigenvalue weighted by Crippen LogP contribution is -2.45. The summed E-state index contributed by atoms with van der Waals surface area (Å²) in [6, 6.07) is 6.44. The largest absolute Gasteiger partial charge is 0.480 e. The highest BCUT2D eigenvalue weighted by Gasteiger charge is 2.41. The van der Waals surface area contributed by atoms with E-state index in [-0.39, 0.29) is 10.8 Å². The third-order valence-electron chi connectivity index (χ3n) is 5.46. The zero-order valence-corrected chi connectivity index (χ0v) is 15.8. The van der Waals surface area contributed by atoms with Gasteiger partial charge in [-0.15, -0.1) is 0 Å². The molecule has 1 unspecified atom stereocenters. The minimum Gasteiger partial charge on any atom is -0.480 e. The fourth-order valence-electron chi connectivity index (χ4n) is 3.96. The maximum absolute atomic E-state index is 13.3. The molecule has 2 fully saturated rings. The number of carboxylic acids is 1. The molecule has 0 spiro atoms. The van der Waals surface area contributed by atoms with Gasteiger partial charge in [0.25, 0.3) is 0 Å². The van der Waals surface area contributed by atoms with Crippen LogP contribution in [0.5, 0.6) is 0 Å². The molecule has 8 heteroatoms. The van der Waals surface area contributed by atoms with Crippen molar-refractivity contribution in [3.05, 3.63) is 36.7 Å². The number of pyridine rings is 1. The molecule has 1 N–H and O–H groups in total. The number of hydrogen-bond acceptors (Lipinski definition) is 5. The first-order chi connectivity index (χ1) is 13.0. The van der Waals surface area contributed by atoms with E-state index in [9.17, 15) is 18.3 Å². The van der Waals surface area contributed by atoms with Crippen molar-refractivity contribution in [2.24, 2.45) is 5.92 Å². The molecular formula is C19H23N3O4S. The molecule has 2 aromatic rings. The number of aromatic nitrogens is 1. The number of hydrogen-bond donors (Lipinski definition) is 1. The number of carboxylic acid groups (broad SMARTS) is 1. The van der Waals surface area contributed by atoms with Gasteiger partial charge in [-0.05, 0) is 37.3 Å². The summed E-state index contributed by atoms with van der Waals surface area (Å²) in [5, 5.41) is 11.0. The molecule has 0 radical (unpaired) electrons. The summed E-state index contributed by atoms with van der Waals surface area (Å²) in [4.78, 5) is 18.0. The average Bonchev–Trinajstić information content (AvgIpc) is 3.49. The first kappa shape index (κ1) is 18.3. The van der Waals surface area contributed by atoms with Crippen molar-refractivity contribution in [1.29, 1.82) is 0 Å². The van der Waals surface area contributed by atoms with Crippen LogP contribution in [0.4, 0.5) is 0 Å². The highest BCUT2D eigenvalue weighted by Crippen LogP contribution is 2.36. The summed E-state index contributed by atoms with van der Waals surface area (Å²) in [7, 11) is -3.65. The number of benzene rings is 1. The molecule has 144 valence electrons. The number of carbonyl (C=O) groups is 1. The Labute approximate surface area is 158 Å². The quantitative estimate of drug-likeness (QED) is 0.838. The Hall–Kier alpha value is -2.03. The van der Waals surface area contributed by atoms with Crippen LogP contribution in [0.1, 0.15) is 19.3 Å². The van der Waals surface area contributed by atoms with Crippen molar-refractivity contribution in [1.82, 2.24) is 14.2 Å². The van der Waals surface area contributed by atoms with Crippen LogP contribution in [0.3, 0.4) is 0 Å². The van der Waals surface area contributed by atoms with Crippen molar-refractivity contribution < 1.29 is 18.3 Å². The van der Waals surface area contributed by atoms with Crippen molar-refractivity contribution in [3.8, 4) is 0 Å². The van der Waals surface area contributed by atoms with Gasteiger partial charge in [-0.2, -0.15) is 4.31 Å². The van der Waals surface area contributed by atoms with E-state index < -0.39 is 22.0 Å². The van der Waals surface area contributed by atoms with Crippen LogP contribution in [-0.2, 0) is 14.8 Å². The molecule has 1 saturated heterocycles. The minimum absolute atomic E-state index is 0.205. The van der Waals surface area contributed by atoms with Gasteiger partial charge in [0.1, 0.15) is 6.04 Å². The number of nitrogens with zero attached hydrogens (tertiary/aromatic N) is 3. The summed E-state index contributed by atoms with van der Waals surface area (Å²) >= 11 is 0. The van der Waals surface area contributed by atoms with Gasteiger partial charge in [0.15, 0.2) is 0 Å². The van der Waals surface area contributed by atoms with Gasteiger partial charge in [0.05, 0.1) is 4.90 Å². The summed E-state index contributed by atoms with van der Waals surface area (Å²) in [5.41, 5.74) is 0. The molecule has 1 aromatic carbocycles. The highest BCUT2D eigenvalue weighted by molar-refractivity contribution is 7.89. The number of sulfonamides is 1. The predicted octanol–water partition coefficient (Wildman–Crippen LogP) is 1.79. The second-order valence-corrected chi connectivity index (χ2v) is 9.17. The number of fused-ring (bicyclic) bond motifs is 1. The zero-order valence-electron chi connectivity index (χ0n) is 15.0. The Bertz CT molecular complexity index is 953. The SMILES string of the molecule is O=C(O)C(C1CC1)N1CCCN(S(=O)(=O)c2cccc3cnccc23)CC1. The Balaban J connectivity index is 1.58. The molecule has 2 aliphatic rings. The average molecular weight is 389 g/mol. The molecule has 1 aliphatic carbocycles. The van der Waals surface area contributed by atoms with Gasteiger partial charge in [0.2, 0.25) is 10.0 Å². The van der Waals surface area contributed by atoms with Crippen LogP contribution >= 0.6 is 0 Å². The van der Waals surface area contributed by atoms with Gasteiger partial charge in [-0.1, -0.05) is 12.1 Å². The van der Waals surface area contributed by atoms with E-state index in [4.69, 9.17) is 0 Å². The lowest BCUT2D eigenvalue weighted by molar-refractivity contribution is -0.144. The summed E-state index contributed by atoms with van der Waals surface area (Å²) in [6.45, 7) is 1.76. The van der Waals surface area contributed by atoms with E-state index in [0.29, 0.717) is 38.0 Å². The molecule has 27 heavy (non-hydrogen) atoms.